The number of imidazole rings is 1. The predicted molar refractivity (Wildman–Crippen MR) is 106 cm³/mol. The summed E-state index contributed by atoms with van der Waals surface area (Å²) < 4.78 is 2.29. The van der Waals surface area contributed by atoms with Gasteiger partial charge in [0.15, 0.2) is 4.96 Å². The molecule has 0 saturated carbocycles. The zero-order valence-corrected chi connectivity index (χ0v) is 15.3. The highest BCUT2D eigenvalue weighted by Crippen LogP contribution is 2.34. The van der Waals surface area contributed by atoms with E-state index in [-0.39, 0.29) is 0 Å². The molecule has 2 aromatic heterocycles. The number of hydrogen-bond acceptors (Lipinski definition) is 3. The average molecular weight is 347 g/mol. The topological polar surface area (TPSA) is 43.3 Å². The van der Waals surface area contributed by atoms with E-state index in [9.17, 15) is 0 Å². The van der Waals surface area contributed by atoms with Gasteiger partial charge in [-0.05, 0) is 26.0 Å². The Bertz CT molecular complexity index is 1030. The van der Waals surface area contributed by atoms with Crippen LogP contribution in [0.3, 0.4) is 0 Å². The molecule has 4 aromatic rings. The van der Waals surface area contributed by atoms with E-state index in [0.29, 0.717) is 6.54 Å². The second-order valence-corrected chi connectivity index (χ2v) is 7.21. The summed E-state index contributed by atoms with van der Waals surface area (Å²) in [4.78, 5) is 5.95. The zero-order valence-electron chi connectivity index (χ0n) is 14.5. The minimum absolute atomic E-state index is 0.607. The number of aromatic nitrogens is 2. The van der Waals surface area contributed by atoms with Crippen LogP contribution in [-0.2, 0) is 6.42 Å². The molecular weight excluding hydrogens is 326 g/mol. The van der Waals surface area contributed by atoms with Gasteiger partial charge in [0, 0.05) is 22.9 Å². The van der Waals surface area contributed by atoms with Gasteiger partial charge in [-0.1, -0.05) is 54.1 Å². The minimum atomic E-state index is 0.607. The van der Waals surface area contributed by atoms with E-state index in [0.717, 1.165) is 22.6 Å². The van der Waals surface area contributed by atoms with Crippen molar-refractivity contribution in [3.63, 3.8) is 0 Å². The summed E-state index contributed by atoms with van der Waals surface area (Å²) in [6.45, 7) is 4.91. The summed E-state index contributed by atoms with van der Waals surface area (Å²) in [5, 5.41) is 2.20. The van der Waals surface area contributed by atoms with Crippen molar-refractivity contribution in [3.05, 3.63) is 70.7 Å². The maximum Gasteiger partial charge on any atom is 0.194 e. The Balaban J connectivity index is 1.97. The molecule has 0 aliphatic carbocycles. The first-order valence-electron chi connectivity index (χ1n) is 8.51. The first kappa shape index (κ1) is 16.1. The first-order chi connectivity index (χ1) is 12.2. The average Bonchev–Trinajstić information content (AvgIpc) is 3.17. The van der Waals surface area contributed by atoms with Gasteiger partial charge in [0.1, 0.15) is 0 Å². The van der Waals surface area contributed by atoms with Crippen molar-refractivity contribution in [2.24, 2.45) is 5.73 Å². The largest absolute Gasteiger partial charge is 0.330 e. The molecule has 2 aromatic carbocycles. The molecule has 0 aliphatic heterocycles. The normalized spacial score (nSPS) is 11.3. The van der Waals surface area contributed by atoms with E-state index in [2.05, 4.69) is 66.1 Å². The Morgan fingerprint density at radius 3 is 2.60 bits per heavy atom. The number of thiazole rings is 1. The summed E-state index contributed by atoms with van der Waals surface area (Å²) in [6, 6.07) is 17.0. The Kier molecular flexibility index (Phi) is 4.15. The van der Waals surface area contributed by atoms with Crippen molar-refractivity contribution in [3.8, 4) is 22.5 Å². The van der Waals surface area contributed by atoms with E-state index < -0.39 is 0 Å². The minimum Gasteiger partial charge on any atom is -0.330 e. The fourth-order valence-electron chi connectivity index (χ4n) is 3.40. The van der Waals surface area contributed by atoms with Gasteiger partial charge >= 0.3 is 0 Å². The fourth-order valence-corrected chi connectivity index (χ4v) is 4.31. The number of nitrogens with two attached hydrogens (primary N) is 1. The third-order valence-electron chi connectivity index (χ3n) is 4.55. The van der Waals surface area contributed by atoms with Crippen LogP contribution in [-0.4, -0.2) is 15.9 Å². The smallest absolute Gasteiger partial charge is 0.194 e. The van der Waals surface area contributed by atoms with Crippen molar-refractivity contribution in [1.82, 2.24) is 9.38 Å². The molecule has 2 N–H and O–H groups in total. The van der Waals surface area contributed by atoms with Gasteiger partial charge in [0.25, 0.3) is 0 Å². The van der Waals surface area contributed by atoms with Crippen molar-refractivity contribution >= 4 is 16.3 Å². The third kappa shape index (κ3) is 2.77. The summed E-state index contributed by atoms with van der Waals surface area (Å²) in [6.07, 6.45) is 0.806. The Morgan fingerprint density at radius 1 is 1.08 bits per heavy atom. The van der Waals surface area contributed by atoms with Crippen LogP contribution in [0.25, 0.3) is 27.5 Å². The SMILES string of the molecule is Cc1ccc(-c2csc3nc(-c4ccccc4)c(CCN)n23)c(C)c1. The molecule has 0 unspecified atom stereocenters. The zero-order chi connectivity index (χ0) is 17.4. The second-order valence-electron chi connectivity index (χ2n) is 6.37. The summed E-state index contributed by atoms with van der Waals surface area (Å²) >= 11 is 1.69. The van der Waals surface area contributed by atoms with Crippen molar-refractivity contribution < 1.29 is 0 Å². The highest BCUT2D eigenvalue weighted by Gasteiger charge is 2.19. The molecular formula is C21H21N3S. The Hall–Kier alpha value is -2.43. The third-order valence-corrected chi connectivity index (χ3v) is 5.37. The number of fused-ring (bicyclic) bond motifs is 1. The number of benzene rings is 2. The molecule has 4 rings (SSSR count). The van der Waals surface area contributed by atoms with Crippen molar-refractivity contribution in [2.75, 3.05) is 6.54 Å². The van der Waals surface area contributed by atoms with Crippen LogP contribution in [0.2, 0.25) is 0 Å². The molecule has 2 heterocycles. The van der Waals surface area contributed by atoms with Gasteiger partial charge < -0.3 is 5.73 Å². The number of rotatable bonds is 4. The maximum absolute atomic E-state index is 5.93. The molecule has 0 amide bonds. The maximum atomic E-state index is 5.93. The lowest BCUT2D eigenvalue weighted by atomic mass is 10.0. The highest BCUT2D eigenvalue weighted by atomic mass is 32.1. The lowest BCUT2D eigenvalue weighted by Crippen LogP contribution is -2.06. The predicted octanol–water partition coefficient (Wildman–Crippen LogP) is 4.85. The van der Waals surface area contributed by atoms with Crippen LogP contribution in [0.1, 0.15) is 16.8 Å². The van der Waals surface area contributed by atoms with Crippen LogP contribution >= 0.6 is 11.3 Å². The molecule has 126 valence electrons. The van der Waals surface area contributed by atoms with Crippen LogP contribution < -0.4 is 5.73 Å². The van der Waals surface area contributed by atoms with E-state index in [1.54, 1.807) is 11.3 Å². The Labute approximate surface area is 151 Å². The highest BCUT2D eigenvalue weighted by molar-refractivity contribution is 7.15. The molecule has 0 bridgehead atoms. The monoisotopic (exact) mass is 347 g/mol. The molecule has 0 aliphatic rings. The van der Waals surface area contributed by atoms with Crippen LogP contribution in [0.15, 0.2) is 53.9 Å². The first-order valence-corrected chi connectivity index (χ1v) is 9.39. The van der Waals surface area contributed by atoms with Crippen LogP contribution in [0, 0.1) is 13.8 Å². The number of nitrogens with zero attached hydrogens (tertiary/aromatic N) is 2. The molecule has 25 heavy (non-hydrogen) atoms. The molecule has 4 heteroatoms. The van der Waals surface area contributed by atoms with Gasteiger partial charge in [0.05, 0.1) is 17.1 Å². The molecule has 0 fully saturated rings. The summed E-state index contributed by atoms with van der Waals surface area (Å²) in [5.74, 6) is 0. The van der Waals surface area contributed by atoms with E-state index >= 15 is 0 Å². The van der Waals surface area contributed by atoms with Gasteiger partial charge in [-0.25, -0.2) is 4.98 Å². The second kappa shape index (κ2) is 6.47. The standard InChI is InChI=1S/C21H21N3S/c1-14-8-9-17(15(2)12-14)19-13-25-21-23-20(16-6-4-3-5-7-16)18(10-11-22)24(19)21/h3-9,12-13H,10-11,22H2,1-2H3. The van der Waals surface area contributed by atoms with E-state index in [1.165, 1.54) is 28.1 Å². The molecule has 0 atom stereocenters. The molecule has 3 nitrogen and oxygen atoms in total. The van der Waals surface area contributed by atoms with E-state index in [4.69, 9.17) is 10.7 Å². The van der Waals surface area contributed by atoms with Crippen LogP contribution in [0.4, 0.5) is 0 Å². The summed E-state index contributed by atoms with van der Waals surface area (Å²) in [7, 11) is 0. The number of aryl methyl sites for hydroxylation is 2. The molecule has 0 saturated heterocycles. The van der Waals surface area contributed by atoms with Gasteiger partial charge in [-0.15, -0.1) is 11.3 Å². The van der Waals surface area contributed by atoms with Gasteiger partial charge in [-0.3, -0.25) is 4.40 Å². The summed E-state index contributed by atoms with van der Waals surface area (Å²) in [5.41, 5.74) is 14.3. The molecule has 0 spiro atoms. The number of hydrogen-bond donors (Lipinski definition) is 1. The quantitative estimate of drug-likeness (QED) is 0.573. The van der Waals surface area contributed by atoms with Crippen molar-refractivity contribution in [1.29, 1.82) is 0 Å². The van der Waals surface area contributed by atoms with Crippen molar-refractivity contribution in [2.45, 2.75) is 20.3 Å². The van der Waals surface area contributed by atoms with E-state index in [1.807, 2.05) is 6.07 Å². The van der Waals surface area contributed by atoms with Gasteiger partial charge in [0.2, 0.25) is 0 Å². The lowest BCUT2D eigenvalue weighted by molar-refractivity contribution is 0.913. The molecule has 0 radical (unpaired) electrons. The van der Waals surface area contributed by atoms with Crippen LogP contribution in [0.5, 0.6) is 0 Å². The fraction of sp³-hybridized carbons (Fsp3) is 0.190. The lowest BCUT2D eigenvalue weighted by Gasteiger charge is -2.09. The Morgan fingerprint density at radius 2 is 1.88 bits per heavy atom. The van der Waals surface area contributed by atoms with Gasteiger partial charge in [-0.2, -0.15) is 0 Å².